The molecule has 4 heterocycles. The van der Waals surface area contributed by atoms with Crippen LogP contribution in [0.2, 0.25) is 0 Å². The smallest absolute Gasteiger partial charge is 0.196 e. The van der Waals surface area contributed by atoms with Crippen LogP contribution >= 0.6 is 25.8 Å². The van der Waals surface area contributed by atoms with Gasteiger partial charge in [-0.05, 0) is 188 Å². The lowest BCUT2D eigenvalue weighted by atomic mass is 9.95. The average molecular weight is 1550 g/mol. The fourth-order valence-corrected chi connectivity index (χ4v) is 16.2. The molecule has 0 amide bonds. The zero-order valence-electron chi connectivity index (χ0n) is 61.6. The SMILES string of the molecule is Brc1ccccc1.[PH-2].c1ccc(-c2ccc(N(c3ccc(-c4ccccc4)cc3)c3ccc4c5c3Oc3ccc6cccc(c6c3O5)-c3ccccc3N4)cc2)cc1.c1ccc(-c2ccc(N(c3ccc(-c4ccccc4)cc3)c3ccc4c5c3Oc3ccc6cccc(c6c3O5)-c3ccccc3N4c3ccccc3)cc2)cc1. The van der Waals surface area contributed by atoms with Gasteiger partial charge in [-0.3, -0.25) is 0 Å². The molecule has 114 heavy (non-hydrogen) atoms. The Kier molecular flexibility index (Phi) is 18.8. The van der Waals surface area contributed by atoms with Crippen molar-refractivity contribution >= 4 is 110 Å². The molecule has 22 rings (SSSR count). The lowest BCUT2D eigenvalue weighted by Gasteiger charge is -2.34. The average Bonchev–Trinajstić information content (AvgIpc) is 1.34. The first-order valence-electron chi connectivity index (χ1n) is 37.9. The summed E-state index contributed by atoms with van der Waals surface area (Å²) < 4.78 is 29.4. The number of hydrogen-bond acceptors (Lipinski definition) is 8. The third-order valence-corrected chi connectivity index (χ3v) is 21.8. The Morgan fingerprint density at radius 2 is 0.596 bits per heavy atom. The van der Waals surface area contributed by atoms with Crippen molar-refractivity contribution in [3.8, 4) is 113 Å². The first-order valence-corrected chi connectivity index (χ1v) is 38.7. The van der Waals surface area contributed by atoms with Crippen molar-refractivity contribution in [2.24, 2.45) is 0 Å². The third kappa shape index (κ3) is 13.2. The molecule has 4 bridgehead atoms. The van der Waals surface area contributed by atoms with E-state index in [0.29, 0.717) is 34.5 Å². The summed E-state index contributed by atoms with van der Waals surface area (Å²) in [5.74, 6) is 5.43. The highest BCUT2D eigenvalue weighted by Gasteiger charge is 2.37. The Morgan fingerprint density at radius 3 is 1.04 bits per heavy atom. The van der Waals surface area contributed by atoms with Crippen molar-refractivity contribution in [2.45, 2.75) is 0 Å². The summed E-state index contributed by atoms with van der Waals surface area (Å²) in [7, 11) is 0. The van der Waals surface area contributed by atoms with Crippen molar-refractivity contribution in [2.75, 3.05) is 20.0 Å². The van der Waals surface area contributed by atoms with E-state index in [1.54, 1.807) is 0 Å². The lowest BCUT2D eigenvalue weighted by molar-refractivity contribution is 0.365. The second-order valence-electron chi connectivity index (χ2n) is 28.0. The molecule has 4 aliphatic rings. The number of anilines is 11. The van der Waals surface area contributed by atoms with Gasteiger partial charge in [-0.25, -0.2) is 0 Å². The Balaban J connectivity index is 0.000000140. The van der Waals surface area contributed by atoms with Gasteiger partial charge < -0.3 is 48.9 Å². The van der Waals surface area contributed by atoms with Gasteiger partial charge in [0.25, 0.3) is 0 Å². The lowest BCUT2D eigenvalue weighted by Crippen LogP contribution is -2.16. The highest BCUT2D eigenvalue weighted by molar-refractivity contribution is 9.10. The Morgan fingerprint density at radius 1 is 0.237 bits per heavy atom. The number of hydrogen-bond donors (Lipinski definition) is 1. The molecule has 18 aromatic carbocycles. The minimum atomic E-state index is 0. The maximum absolute atomic E-state index is 7.24. The Labute approximate surface area is 674 Å². The third-order valence-electron chi connectivity index (χ3n) is 21.2. The molecular formula is C104H70BrN4O4P-2. The number of nitrogens with one attached hydrogen (secondary N) is 1. The van der Waals surface area contributed by atoms with Crippen molar-refractivity contribution in [3.63, 3.8) is 0 Å². The summed E-state index contributed by atoms with van der Waals surface area (Å²) in [5, 5.41) is 7.96. The second kappa shape index (κ2) is 30.6. The van der Waals surface area contributed by atoms with Gasteiger partial charge in [0.2, 0.25) is 0 Å². The van der Waals surface area contributed by atoms with Gasteiger partial charge in [0, 0.05) is 60.5 Å². The molecule has 0 saturated heterocycles. The van der Waals surface area contributed by atoms with E-state index in [1.807, 2.05) is 66.7 Å². The van der Waals surface area contributed by atoms with Crippen LogP contribution in [-0.2, 0) is 0 Å². The van der Waals surface area contributed by atoms with Crippen LogP contribution in [0.25, 0.3) is 88.3 Å². The van der Waals surface area contributed by atoms with Crippen LogP contribution in [0.1, 0.15) is 0 Å². The van der Waals surface area contributed by atoms with Crippen LogP contribution in [0, 0.1) is 0 Å². The Bertz CT molecular complexity index is 6400. The topological polar surface area (TPSA) is 58.7 Å². The zero-order chi connectivity index (χ0) is 75.1. The first-order chi connectivity index (χ1) is 56.0. The monoisotopic (exact) mass is 1550 g/mol. The van der Waals surface area contributed by atoms with Crippen molar-refractivity contribution in [1.29, 1.82) is 0 Å². The molecule has 0 aliphatic carbocycles. The van der Waals surface area contributed by atoms with Crippen LogP contribution < -0.4 is 39.0 Å². The summed E-state index contributed by atoms with van der Waals surface area (Å²) in [6.07, 6.45) is 0. The number of benzene rings is 18. The molecule has 544 valence electrons. The zero-order valence-corrected chi connectivity index (χ0v) is 64.2. The van der Waals surface area contributed by atoms with Crippen LogP contribution in [0.15, 0.2) is 417 Å². The van der Waals surface area contributed by atoms with Gasteiger partial charge in [-0.15, -0.1) is 0 Å². The Hall–Kier alpha value is -14.2. The highest BCUT2D eigenvalue weighted by Crippen LogP contribution is 2.63. The normalized spacial score (nSPS) is 11.8. The van der Waals surface area contributed by atoms with E-state index in [1.165, 1.54) is 22.3 Å². The van der Waals surface area contributed by atoms with E-state index in [-0.39, 0.29) is 9.90 Å². The van der Waals surface area contributed by atoms with E-state index >= 15 is 0 Å². The minimum absolute atomic E-state index is 0. The van der Waals surface area contributed by atoms with Crippen LogP contribution in [-0.4, -0.2) is 0 Å². The summed E-state index contributed by atoms with van der Waals surface area (Å²) in [6.45, 7) is 0. The standard InChI is InChI=1S/C52H34N2O2.C46H30N2O2.C6H5Br.HP/c1-4-13-35(14-5-1)37-23-28-41(29-24-37)53(42-30-25-38(26-31-42)36-15-6-2-7-16-36)46-32-33-47-51-50(46)55-48-34-27-39-17-12-21-44(49(39)52(48)56-51)43-20-10-11-22-45(43)54(47)40-18-8-3-9-19-40;1-3-10-30(11-4-1)32-18-23-35(24-19-32)48(36-25-20-33(21-26-36)31-12-5-2-6-13-31)41-28-27-40-44-45(41)49-42-29-22-34-14-9-16-38(43(34)46(42)50-44)37-15-7-8-17-39(37)47-40;7-6-4-2-1-3-5-6;/h1-34H;1-29,47H;1-5H;1H/q;;;-2. The molecule has 0 radical (unpaired) electrons. The number of halogens is 1. The summed E-state index contributed by atoms with van der Waals surface area (Å²) in [4.78, 5) is 6.82. The van der Waals surface area contributed by atoms with Crippen LogP contribution in [0.4, 0.5) is 62.6 Å². The molecule has 0 spiro atoms. The summed E-state index contributed by atoms with van der Waals surface area (Å²) in [6, 6.07) is 144. The van der Waals surface area contributed by atoms with E-state index in [4.69, 9.17) is 18.9 Å². The fourth-order valence-electron chi connectivity index (χ4n) is 15.9. The minimum Gasteiger partial charge on any atom is -1.51 e. The molecule has 8 nitrogen and oxygen atoms in total. The molecule has 0 aromatic heterocycles. The molecule has 10 heteroatoms. The maximum atomic E-state index is 7.24. The van der Waals surface area contributed by atoms with Gasteiger partial charge in [-0.2, -0.15) is 0 Å². The van der Waals surface area contributed by atoms with Gasteiger partial charge >= 0.3 is 0 Å². The number of rotatable bonds is 11. The molecule has 18 aromatic rings. The quantitative estimate of drug-likeness (QED) is 0.129. The largest absolute Gasteiger partial charge is 1.51 e. The van der Waals surface area contributed by atoms with Crippen molar-refractivity contribution in [3.05, 3.63) is 417 Å². The number of nitrogens with zero attached hydrogens (tertiary/aromatic N) is 3. The fraction of sp³-hybridized carbons (Fsp3) is 0. The van der Waals surface area contributed by atoms with Gasteiger partial charge in [0.05, 0.1) is 28.4 Å². The van der Waals surface area contributed by atoms with E-state index in [2.05, 4.69) is 382 Å². The molecule has 0 atom stereocenters. The van der Waals surface area contributed by atoms with Crippen molar-refractivity contribution < 1.29 is 18.9 Å². The van der Waals surface area contributed by atoms with Crippen molar-refractivity contribution in [1.82, 2.24) is 0 Å². The van der Waals surface area contributed by atoms with E-state index in [0.717, 1.165) is 145 Å². The van der Waals surface area contributed by atoms with Crippen LogP contribution in [0.5, 0.6) is 46.0 Å². The van der Waals surface area contributed by atoms with E-state index < -0.39 is 0 Å². The predicted octanol–water partition coefficient (Wildman–Crippen LogP) is 31.3. The predicted molar refractivity (Wildman–Crippen MR) is 477 cm³/mol. The molecule has 1 N–H and O–H groups in total. The van der Waals surface area contributed by atoms with Crippen LogP contribution in [0.3, 0.4) is 0 Å². The molecule has 4 aliphatic heterocycles. The highest BCUT2D eigenvalue weighted by atomic mass is 79.9. The van der Waals surface area contributed by atoms with Gasteiger partial charge in [-0.1, -0.05) is 307 Å². The number of para-hydroxylation sites is 3. The first kappa shape index (κ1) is 70.2. The summed E-state index contributed by atoms with van der Waals surface area (Å²) >= 11 is 3.31. The molecule has 0 unspecified atom stereocenters. The van der Waals surface area contributed by atoms with Gasteiger partial charge in [0.15, 0.2) is 46.0 Å². The molecular weight excluding hydrogens is 1480 g/mol. The number of fused-ring (bicyclic) bond motifs is 4. The summed E-state index contributed by atoms with van der Waals surface area (Å²) in [5.41, 5.74) is 24.3. The number of ether oxygens (including phenoxy) is 4. The molecule has 0 saturated carbocycles. The van der Waals surface area contributed by atoms with E-state index in [9.17, 15) is 0 Å². The molecule has 0 fully saturated rings. The maximum Gasteiger partial charge on any atom is 0.196 e. The second-order valence-corrected chi connectivity index (χ2v) is 28.9. The van der Waals surface area contributed by atoms with Gasteiger partial charge in [0.1, 0.15) is 0 Å².